The summed E-state index contributed by atoms with van der Waals surface area (Å²) < 4.78 is 0. The molecule has 23 heavy (non-hydrogen) atoms. The Morgan fingerprint density at radius 3 is 2.70 bits per heavy atom. The molecule has 0 spiro atoms. The Hall–Kier alpha value is -1.35. The first-order valence-electron chi connectivity index (χ1n) is 8.97. The SMILES string of the molecule is CCO.C[C@]12CC[C@@H]3c4ccc(O)cc4CC[C@H]3[C@@H]1CCC2=O. The predicted octanol–water partition coefficient (Wildman–Crippen LogP) is 3.82. The van der Waals surface area contributed by atoms with Crippen LogP contribution in [0.5, 0.6) is 5.75 Å². The van der Waals surface area contributed by atoms with E-state index in [1.54, 1.807) is 6.92 Å². The van der Waals surface area contributed by atoms with E-state index >= 15 is 0 Å². The van der Waals surface area contributed by atoms with Gasteiger partial charge in [0.1, 0.15) is 11.5 Å². The van der Waals surface area contributed by atoms with E-state index in [9.17, 15) is 9.90 Å². The fraction of sp³-hybridized carbons (Fsp3) is 0.650. The van der Waals surface area contributed by atoms with Crippen LogP contribution in [0.1, 0.15) is 63.0 Å². The molecule has 3 nitrogen and oxygen atoms in total. The monoisotopic (exact) mass is 316 g/mol. The Balaban J connectivity index is 0.000000485. The summed E-state index contributed by atoms with van der Waals surface area (Å²) in [4.78, 5) is 12.3. The summed E-state index contributed by atoms with van der Waals surface area (Å²) in [7, 11) is 0. The number of hydrogen-bond acceptors (Lipinski definition) is 3. The second kappa shape index (κ2) is 6.27. The van der Waals surface area contributed by atoms with Gasteiger partial charge < -0.3 is 10.2 Å². The van der Waals surface area contributed by atoms with Crippen molar-refractivity contribution in [3.8, 4) is 5.75 Å². The van der Waals surface area contributed by atoms with Crippen molar-refractivity contribution < 1.29 is 15.0 Å². The number of ketones is 1. The highest BCUT2D eigenvalue weighted by atomic mass is 16.3. The van der Waals surface area contributed by atoms with E-state index in [1.165, 1.54) is 17.5 Å². The molecule has 0 heterocycles. The van der Waals surface area contributed by atoms with Crippen molar-refractivity contribution in [2.45, 2.75) is 58.3 Å². The molecule has 0 aromatic heterocycles. The zero-order valence-corrected chi connectivity index (χ0v) is 14.2. The fourth-order valence-corrected chi connectivity index (χ4v) is 5.34. The first-order chi connectivity index (χ1) is 11.0. The largest absolute Gasteiger partial charge is 0.508 e. The van der Waals surface area contributed by atoms with Gasteiger partial charge >= 0.3 is 0 Å². The smallest absolute Gasteiger partial charge is 0.139 e. The van der Waals surface area contributed by atoms with E-state index in [0.29, 0.717) is 29.3 Å². The summed E-state index contributed by atoms with van der Waals surface area (Å²) >= 11 is 0. The molecular formula is C20H28O3. The molecule has 1 aromatic carbocycles. The van der Waals surface area contributed by atoms with E-state index in [2.05, 4.69) is 13.0 Å². The van der Waals surface area contributed by atoms with Crippen LogP contribution in [0.15, 0.2) is 18.2 Å². The Bertz CT molecular complexity index is 595. The lowest BCUT2D eigenvalue weighted by atomic mass is 9.55. The molecule has 3 heteroatoms. The molecule has 0 amide bonds. The summed E-state index contributed by atoms with van der Waals surface area (Å²) in [6, 6.07) is 5.90. The molecule has 4 rings (SSSR count). The number of carbonyl (C=O) groups is 1. The van der Waals surface area contributed by atoms with Crippen molar-refractivity contribution in [3.63, 3.8) is 0 Å². The van der Waals surface area contributed by atoms with Crippen molar-refractivity contribution in [1.82, 2.24) is 0 Å². The number of aryl methyl sites for hydroxylation is 1. The molecule has 0 radical (unpaired) electrons. The average Bonchev–Trinajstić information content (AvgIpc) is 2.83. The van der Waals surface area contributed by atoms with Crippen LogP contribution in [-0.2, 0) is 11.2 Å². The molecule has 2 saturated carbocycles. The Labute approximate surface area is 138 Å². The third-order valence-corrected chi connectivity index (χ3v) is 6.42. The van der Waals surface area contributed by atoms with Crippen molar-refractivity contribution in [2.24, 2.45) is 17.3 Å². The lowest BCUT2D eigenvalue weighted by Crippen LogP contribution is -2.42. The number of fused-ring (bicyclic) bond motifs is 5. The minimum atomic E-state index is -0.0322. The van der Waals surface area contributed by atoms with E-state index < -0.39 is 0 Å². The highest BCUT2D eigenvalue weighted by Gasteiger charge is 2.54. The highest BCUT2D eigenvalue weighted by molar-refractivity contribution is 5.87. The maximum absolute atomic E-state index is 12.3. The quantitative estimate of drug-likeness (QED) is 0.765. The Kier molecular flexibility index (Phi) is 4.50. The van der Waals surface area contributed by atoms with Gasteiger partial charge in [0.05, 0.1) is 0 Å². The number of aromatic hydroxyl groups is 1. The lowest BCUT2D eigenvalue weighted by Gasteiger charge is -2.48. The van der Waals surface area contributed by atoms with E-state index in [-0.39, 0.29) is 12.0 Å². The predicted molar refractivity (Wildman–Crippen MR) is 90.5 cm³/mol. The molecule has 3 aliphatic rings. The van der Waals surface area contributed by atoms with E-state index in [1.807, 2.05) is 12.1 Å². The van der Waals surface area contributed by atoms with Crippen LogP contribution in [0.2, 0.25) is 0 Å². The zero-order valence-electron chi connectivity index (χ0n) is 14.2. The number of Topliss-reactive ketones (excluding diaryl/α,β-unsaturated/α-hetero) is 1. The molecular weight excluding hydrogens is 288 g/mol. The number of rotatable bonds is 0. The summed E-state index contributed by atoms with van der Waals surface area (Å²) in [6.45, 7) is 4.15. The summed E-state index contributed by atoms with van der Waals surface area (Å²) in [5.41, 5.74) is 2.75. The molecule has 2 fully saturated rings. The standard InChI is InChI=1S/C18H22O2.C2H6O/c1-18-9-8-14-13-5-3-12(19)10-11(13)2-4-15(14)16(18)6-7-17(18)20;1-2-3/h3,5,10,14-16,19H,2,4,6-9H2,1H3;3H,2H2,1H3/t14-,15-,16+,18+;/m1./s1. The summed E-state index contributed by atoms with van der Waals surface area (Å²) in [5, 5.41) is 17.2. The number of benzene rings is 1. The molecule has 4 atom stereocenters. The third-order valence-electron chi connectivity index (χ3n) is 6.42. The molecule has 1 aromatic rings. The van der Waals surface area contributed by atoms with Gasteiger partial charge in [0.25, 0.3) is 0 Å². The van der Waals surface area contributed by atoms with Crippen molar-refractivity contribution in [3.05, 3.63) is 29.3 Å². The molecule has 0 bridgehead atoms. The number of carbonyl (C=O) groups excluding carboxylic acids is 1. The van der Waals surface area contributed by atoms with Crippen LogP contribution in [0.3, 0.4) is 0 Å². The Morgan fingerprint density at radius 1 is 1.22 bits per heavy atom. The highest BCUT2D eigenvalue weighted by Crippen LogP contribution is 2.59. The van der Waals surface area contributed by atoms with E-state index in [0.717, 1.165) is 32.1 Å². The van der Waals surface area contributed by atoms with Crippen LogP contribution >= 0.6 is 0 Å². The first kappa shape index (κ1) is 16.5. The first-order valence-corrected chi connectivity index (χ1v) is 8.97. The molecule has 0 unspecified atom stereocenters. The second-order valence-electron chi connectivity index (χ2n) is 7.53. The average molecular weight is 316 g/mol. The molecule has 2 N–H and O–H groups in total. The number of aliphatic hydroxyl groups is 1. The topological polar surface area (TPSA) is 57.5 Å². The van der Waals surface area contributed by atoms with Crippen LogP contribution < -0.4 is 0 Å². The van der Waals surface area contributed by atoms with Crippen molar-refractivity contribution in [2.75, 3.05) is 6.61 Å². The number of phenols is 1. The van der Waals surface area contributed by atoms with Crippen LogP contribution in [-0.4, -0.2) is 22.6 Å². The van der Waals surface area contributed by atoms with Gasteiger partial charge in [0.2, 0.25) is 0 Å². The van der Waals surface area contributed by atoms with E-state index in [4.69, 9.17) is 5.11 Å². The van der Waals surface area contributed by atoms with Crippen molar-refractivity contribution >= 4 is 5.78 Å². The molecule has 0 saturated heterocycles. The number of hydrogen-bond donors (Lipinski definition) is 2. The lowest BCUT2D eigenvalue weighted by molar-refractivity contribution is -0.129. The van der Waals surface area contributed by atoms with Gasteiger partial charge in [-0.1, -0.05) is 13.0 Å². The third kappa shape index (κ3) is 2.69. The van der Waals surface area contributed by atoms with Gasteiger partial charge in [-0.2, -0.15) is 0 Å². The fourth-order valence-electron chi connectivity index (χ4n) is 5.34. The minimum Gasteiger partial charge on any atom is -0.508 e. The van der Waals surface area contributed by atoms with Gasteiger partial charge in [-0.05, 0) is 80.0 Å². The normalized spacial score (nSPS) is 34.7. The van der Waals surface area contributed by atoms with Crippen molar-refractivity contribution in [1.29, 1.82) is 0 Å². The second-order valence-corrected chi connectivity index (χ2v) is 7.53. The van der Waals surface area contributed by atoms with Gasteiger partial charge in [-0.25, -0.2) is 0 Å². The van der Waals surface area contributed by atoms with Gasteiger partial charge in [0.15, 0.2) is 0 Å². The number of phenolic OH excluding ortho intramolecular Hbond substituents is 1. The Morgan fingerprint density at radius 2 is 1.96 bits per heavy atom. The summed E-state index contributed by atoms with van der Waals surface area (Å²) in [6.07, 6.45) is 6.34. The maximum atomic E-state index is 12.3. The summed E-state index contributed by atoms with van der Waals surface area (Å²) in [5.74, 6) is 2.78. The van der Waals surface area contributed by atoms with Gasteiger partial charge in [-0.3, -0.25) is 4.79 Å². The number of aliphatic hydroxyl groups excluding tert-OH is 1. The molecule has 3 aliphatic carbocycles. The van der Waals surface area contributed by atoms with Gasteiger partial charge in [0, 0.05) is 18.4 Å². The zero-order chi connectivity index (χ0) is 16.6. The van der Waals surface area contributed by atoms with Crippen LogP contribution in [0.4, 0.5) is 0 Å². The maximum Gasteiger partial charge on any atom is 0.139 e. The molecule has 126 valence electrons. The molecule has 0 aliphatic heterocycles. The van der Waals surface area contributed by atoms with Crippen LogP contribution in [0.25, 0.3) is 0 Å². The van der Waals surface area contributed by atoms with Crippen LogP contribution in [0, 0.1) is 17.3 Å². The minimum absolute atomic E-state index is 0.0322. The van der Waals surface area contributed by atoms with Gasteiger partial charge in [-0.15, -0.1) is 0 Å².